The van der Waals surface area contributed by atoms with Crippen LogP contribution < -0.4 is 0 Å². The first-order valence-corrected chi connectivity index (χ1v) is 4.37. The Hall–Kier alpha value is -0.383. The topological polar surface area (TPSA) is 18.5 Å². The van der Waals surface area contributed by atoms with Gasteiger partial charge >= 0.3 is 0 Å². The first-order valence-electron chi connectivity index (χ1n) is 3.96. The van der Waals surface area contributed by atoms with Gasteiger partial charge in [-0.15, -0.1) is 13.2 Å². The van der Waals surface area contributed by atoms with Crippen molar-refractivity contribution in [3.05, 3.63) is 25.3 Å². The van der Waals surface area contributed by atoms with Crippen LogP contribution in [0, 0.1) is 5.92 Å². The van der Waals surface area contributed by atoms with Crippen molar-refractivity contribution in [2.45, 2.75) is 6.42 Å². The van der Waals surface area contributed by atoms with Gasteiger partial charge in [-0.3, -0.25) is 0 Å². The van der Waals surface area contributed by atoms with Gasteiger partial charge in [-0.25, -0.2) is 0 Å². The predicted octanol–water partition coefficient (Wildman–Crippen LogP) is 1.48. The zero-order valence-corrected chi connectivity index (χ0v) is 8.29. The fourth-order valence-electron chi connectivity index (χ4n) is 0.685. The monoisotopic (exact) mass is 183 g/mol. The molecule has 0 saturated heterocycles. The maximum atomic E-state index is 5.34. The molecule has 12 heavy (non-hydrogen) atoms. The van der Waals surface area contributed by atoms with E-state index in [0.717, 1.165) is 6.42 Å². The second-order valence-electron chi connectivity index (χ2n) is 2.41. The molecule has 0 saturated carbocycles. The Labute approximate surface area is 77.8 Å². The molecule has 2 nitrogen and oxygen atoms in total. The van der Waals surface area contributed by atoms with Gasteiger partial charge in [0.15, 0.2) is 0 Å². The van der Waals surface area contributed by atoms with Crippen LogP contribution in [-0.2, 0) is 9.16 Å². The number of hydrogen-bond acceptors (Lipinski definition) is 2. The van der Waals surface area contributed by atoms with Gasteiger partial charge in [-0.05, 0) is 6.42 Å². The smallest absolute Gasteiger partial charge is 0.246 e. The highest BCUT2D eigenvalue weighted by Crippen LogP contribution is 1.99. The molecule has 0 heterocycles. The molecule has 0 unspecified atom stereocenters. The van der Waals surface area contributed by atoms with Crippen LogP contribution in [0.15, 0.2) is 25.3 Å². The quantitative estimate of drug-likeness (QED) is 0.322. The summed E-state index contributed by atoms with van der Waals surface area (Å²) >= 11 is 0. The van der Waals surface area contributed by atoms with Crippen molar-refractivity contribution in [2.24, 2.45) is 5.92 Å². The fraction of sp³-hybridized carbons (Fsp3) is 0.556. The van der Waals surface area contributed by atoms with Crippen LogP contribution in [0.5, 0.6) is 0 Å². The van der Waals surface area contributed by atoms with Gasteiger partial charge in [0.05, 0.1) is 6.61 Å². The van der Waals surface area contributed by atoms with E-state index in [1.807, 2.05) is 12.2 Å². The van der Waals surface area contributed by atoms with E-state index in [9.17, 15) is 0 Å². The third-order valence-corrected chi connectivity index (χ3v) is 1.65. The molecule has 0 aliphatic rings. The largest absolute Gasteiger partial charge is 0.419 e. The Bertz CT molecular complexity index is 118. The van der Waals surface area contributed by atoms with Gasteiger partial charge in [-0.2, -0.15) is 0 Å². The standard InChI is InChI=1S/C9H15O2Si/c1-3-9(4-2)8-10-6-5-7-11-12/h3-4,9H,1-2,5-8H2. The van der Waals surface area contributed by atoms with Crippen LogP contribution in [0.1, 0.15) is 6.42 Å². The van der Waals surface area contributed by atoms with Crippen molar-refractivity contribution in [1.82, 2.24) is 0 Å². The molecule has 67 valence electrons. The minimum atomic E-state index is 0.259. The zero-order chi connectivity index (χ0) is 9.23. The summed E-state index contributed by atoms with van der Waals surface area (Å²) in [4.78, 5) is 0. The Morgan fingerprint density at radius 1 is 1.25 bits per heavy atom. The third kappa shape index (κ3) is 6.33. The second-order valence-corrected chi connectivity index (χ2v) is 2.70. The lowest BCUT2D eigenvalue weighted by Gasteiger charge is -2.07. The molecule has 0 bridgehead atoms. The van der Waals surface area contributed by atoms with E-state index >= 15 is 0 Å². The highest BCUT2D eigenvalue weighted by Gasteiger charge is 1.97. The van der Waals surface area contributed by atoms with Gasteiger partial charge < -0.3 is 9.16 Å². The molecule has 0 N–H and O–H groups in total. The first-order chi connectivity index (χ1) is 5.85. The maximum absolute atomic E-state index is 5.34. The van der Waals surface area contributed by atoms with E-state index in [1.165, 1.54) is 0 Å². The average Bonchev–Trinajstić information content (AvgIpc) is 2.11. The SMILES string of the molecule is C=CC(C=C)COCCCO[Si]. The Kier molecular flexibility index (Phi) is 8.43. The lowest BCUT2D eigenvalue weighted by Crippen LogP contribution is -2.06. The van der Waals surface area contributed by atoms with Crippen LogP contribution in [0.4, 0.5) is 0 Å². The van der Waals surface area contributed by atoms with E-state index in [4.69, 9.17) is 4.74 Å². The van der Waals surface area contributed by atoms with Crippen molar-refractivity contribution in [2.75, 3.05) is 19.8 Å². The van der Waals surface area contributed by atoms with Crippen LogP contribution in [0.2, 0.25) is 0 Å². The highest BCUT2D eigenvalue weighted by molar-refractivity contribution is 5.97. The predicted molar refractivity (Wildman–Crippen MR) is 51.0 cm³/mol. The van der Waals surface area contributed by atoms with Crippen LogP contribution in [0.25, 0.3) is 0 Å². The molecule has 3 heteroatoms. The summed E-state index contributed by atoms with van der Waals surface area (Å²) in [6, 6.07) is 0. The van der Waals surface area contributed by atoms with Crippen LogP contribution in [0.3, 0.4) is 0 Å². The summed E-state index contributed by atoms with van der Waals surface area (Å²) in [5.41, 5.74) is 0. The summed E-state index contributed by atoms with van der Waals surface area (Å²) in [5.74, 6) is 0.259. The maximum Gasteiger partial charge on any atom is 0.246 e. The molecular weight excluding hydrogens is 168 g/mol. The average molecular weight is 183 g/mol. The zero-order valence-electron chi connectivity index (χ0n) is 7.29. The Morgan fingerprint density at radius 2 is 1.92 bits per heavy atom. The van der Waals surface area contributed by atoms with E-state index in [1.54, 1.807) is 0 Å². The molecule has 0 amide bonds. The van der Waals surface area contributed by atoms with Crippen molar-refractivity contribution in [1.29, 1.82) is 0 Å². The van der Waals surface area contributed by atoms with Crippen LogP contribution in [-0.4, -0.2) is 30.3 Å². The first kappa shape index (κ1) is 11.6. The van der Waals surface area contributed by atoms with Gasteiger partial charge in [0, 0.05) is 19.1 Å². The minimum absolute atomic E-state index is 0.259. The molecule has 0 aromatic heterocycles. The lowest BCUT2D eigenvalue weighted by atomic mass is 10.2. The van der Waals surface area contributed by atoms with E-state index in [-0.39, 0.29) is 5.92 Å². The van der Waals surface area contributed by atoms with Gasteiger partial charge in [-0.1, -0.05) is 12.2 Å². The van der Waals surface area contributed by atoms with Crippen molar-refractivity contribution >= 4 is 10.5 Å². The fourth-order valence-corrected chi connectivity index (χ4v) is 0.829. The summed E-state index contributed by atoms with van der Waals surface area (Å²) in [6.07, 6.45) is 4.55. The summed E-state index contributed by atoms with van der Waals surface area (Å²) in [6.45, 7) is 9.37. The van der Waals surface area contributed by atoms with E-state index in [0.29, 0.717) is 19.8 Å². The summed E-state index contributed by atoms with van der Waals surface area (Å²) in [7, 11) is 2.91. The molecule has 0 aromatic rings. The number of ether oxygens (including phenoxy) is 1. The molecule has 0 fully saturated rings. The molecular formula is C9H15O2Si. The number of hydrogen-bond donors (Lipinski definition) is 0. The van der Waals surface area contributed by atoms with Gasteiger partial charge in [0.2, 0.25) is 10.5 Å². The Morgan fingerprint density at radius 3 is 2.42 bits per heavy atom. The molecule has 0 rings (SSSR count). The second kappa shape index (κ2) is 8.71. The molecule has 0 aromatic carbocycles. The third-order valence-electron chi connectivity index (χ3n) is 1.45. The number of rotatable bonds is 8. The van der Waals surface area contributed by atoms with Crippen molar-refractivity contribution < 1.29 is 9.16 Å². The summed E-state index contributed by atoms with van der Waals surface area (Å²) in [5, 5.41) is 0. The van der Waals surface area contributed by atoms with Crippen molar-refractivity contribution in [3.63, 3.8) is 0 Å². The highest BCUT2D eigenvalue weighted by atomic mass is 28.2. The normalized spacial score (nSPS) is 10.2. The van der Waals surface area contributed by atoms with E-state index in [2.05, 4.69) is 28.1 Å². The van der Waals surface area contributed by atoms with Gasteiger partial charge in [0.25, 0.3) is 0 Å². The van der Waals surface area contributed by atoms with Gasteiger partial charge in [0.1, 0.15) is 0 Å². The van der Waals surface area contributed by atoms with Crippen LogP contribution >= 0.6 is 0 Å². The molecule has 0 aliphatic carbocycles. The molecule has 0 atom stereocenters. The van der Waals surface area contributed by atoms with E-state index < -0.39 is 0 Å². The Balaban J connectivity index is 3.17. The summed E-state index contributed by atoms with van der Waals surface area (Å²) < 4.78 is 10.0. The lowest BCUT2D eigenvalue weighted by molar-refractivity contribution is 0.111. The molecule has 0 spiro atoms. The molecule has 3 radical (unpaired) electrons. The van der Waals surface area contributed by atoms with Crippen molar-refractivity contribution in [3.8, 4) is 0 Å². The molecule has 0 aliphatic heterocycles. The minimum Gasteiger partial charge on any atom is -0.419 e.